The number of nitrogens with one attached hydrogen (secondary N) is 2. The van der Waals surface area contributed by atoms with Crippen LogP contribution in [0.5, 0.6) is 5.75 Å². The van der Waals surface area contributed by atoms with Gasteiger partial charge in [0.15, 0.2) is 6.10 Å². The van der Waals surface area contributed by atoms with Crippen molar-refractivity contribution in [1.29, 1.82) is 0 Å². The molecule has 2 N–H and O–H groups in total. The van der Waals surface area contributed by atoms with Crippen LogP contribution in [-0.4, -0.2) is 17.9 Å². The zero-order valence-corrected chi connectivity index (χ0v) is 17.1. The second kappa shape index (κ2) is 10.00. The van der Waals surface area contributed by atoms with Gasteiger partial charge < -0.3 is 15.4 Å². The van der Waals surface area contributed by atoms with Crippen LogP contribution in [0, 0.1) is 0 Å². The third kappa shape index (κ3) is 6.10. The van der Waals surface area contributed by atoms with Gasteiger partial charge in [-0.05, 0) is 48.9 Å². The van der Waals surface area contributed by atoms with Gasteiger partial charge in [0.2, 0.25) is 0 Å². The van der Waals surface area contributed by atoms with E-state index in [0.717, 1.165) is 11.6 Å². The summed E-state index contributed by atoms with van der Waals surface area (Å²) < 4.78 is 44.8. The number of carbonyl (C=O) groups excluding carboxylic acids is 2. The molecule has 0 spiro atoms. The second-order valence-electron chi connectivity index (χ2n) is 6.99. The molecule has 5 nitrogen and oxygen atoms in total. The van der Waals surface area contributed by atoms with Crippen molar-refractivity contribution in [1.82, 2.24) is 5.32 Å². The number of halogens is 3. The molecule has 166 valence electrons. The molecule has 0 aromatic heterocycles. The van der Waals surface area contributed by atoms with Crippen LogP contribution >= 0.6 is 0 Å². The van der Waals surface area contributed by atoms with Gasteiger partial charge in [0.05, 0.1) is 11.3 Å². The van der Waals surface area contributed by atoms with Crippen LogP contribution in [0.15, 0.2) is 78.9 Å². The first kappa shape index (κ1) is 22.9. The Morgan fingerprint density at radius 3 is 2.19 bits per heavy atom. The summed E-state index contributed by atoms with van der Waals surface area (Å²) in [6.45, 7) is 1.81. The van der Waals surface area contributed by atoms with E-state index >= 15 is 0 Å². The van der Waals surface area contributed by atoms with E-state index in [2.05, 4.69) is 10.6 Å². The van der Waals surface area contributed by atoms with Gasteiger partial charge >= 0.3 is 6.18 Å². The van der Waals surface area contributed by atoms with Crippen molar-refractivity contribution in [2.24, 2.45) is 0 Å². The lowest BCUT2D eigenvalue weighted by atomic mass is 10.1. The van der Waals surface area contributed by atoms with Crippen LogP contribution in [0.1, 0.15) is 28.4 Å². The molecule has 0 radical (unpaired) electrons. The number of hydrogen-bond donors (Lipinski definition) is 2. The van der Waals surface area contributed by atoms with Crippen molar-refractivity contribution in [2.45, 2.75) is 25.7 Å². The maximum atomic E-state index is 13.1. The van der Waals surface area contributed by atoms with Crippen LogP contribution in [0.25, 0.3) is 0 Å². The van der Waals surface area contributed by atoms with Crippen molar-refractivity contribution in [3.63, 3.8) is 0 Å². The topological polar surface area (TPSA) is 67.4 Å². The Balaban J connectivity index is 1.57. The number of carbonyl (C=O) groups is 2. The van der Waals surface area contributed by atoms with Gasteiger partial charge in [-0.3, -0.25) is 9.59 Å². The molecular formula is C24H21F3N2O3. The highest BCUT2D eigenvalue weighted by Gasteiger charge is 2.34. The number of ether oxygens (including phenoxy) is 1. The van der Waals surface area contributed by atoms with Crippen LogP contribution in [0.3, 0.4) is 0 Å². The molecule has 0 unspecified atom stereocenters. The first-order valence-electron chi connectivity index (χ1n) is 9.80. The molecule has 3 rings (SSSR count). The van der Waals surface area contributed by atoms with Gasteiger partial charge in [0, 0.05) is 12.1 Å². The summed E-state index contributed by atoms with van der Waals surface area (Å²) >= 11 is 0. The minimum Gasteiger partial charge on any atom is -0.481 e. The Kier molecular flexibility index (Phi) is 7.14. The molecule has 32 heavy (non-hydrogen) atoms. The third-order valence-electron chi connectivity index (χ3n) is 4.58. The lowest BCUT2D eigenvalue weighted by molar-refractivity contribution is -0.137. The monoisotopic (exact) mass is 442 g/mol. The Morgan fingerprint density at radius 1 is 0.906 bits per heavy atom. The van der Waals surface area contributed by atoms with E-state index in [4.69, 9.17) is 4.74 Å². The van der Waals surface area contributed by atoms with E-state index in [1.165, 1.54) is 37.3 Å². The normalized spacial score (nSPS) is 12.0. The molecule has 0 heterocycles. The maximum absolute atomic E-state index is 13.1. The number of benzene rings is 3. The summed E-state index contributed by atoms with van der Waals surface area (Å²) in [6, 6.07) is 20.3. The Labute approximate surface area is 183 Å². The van der Waals surface area contributed by atoms with Crippen LogP contribution < -0.4 is 15.4 Å². The molecular weight excluding hydrogens is 421 g/mol. The highest BCUT2D eigenvalue weighted by atomic mass is 19.4. The van der Waals surface area contributed by atoms with Crippen molar-refractivity contribution >= 4 is 17.5 Å². The Morgan fingerprint density at radius 2 is 1.53 bits per heavy atom. The Hall–Kier alpha value is -3.81. The van der Waals surface area contributed by atoms with Crippen LogP contribution in [0.2, 0.25) is 0 Å². The molecule has 0 aliphatic heterocycles. The summed E-state index contributed by atoms with van der Waals surface area (Å²) in [5, 5.41) is 5.05. The minimum absolute atomic E-state index is 0.269. The molecule has 0 aliphatic rings. The molecule has 1 atom stereocenters. The predicted molar refractivity (Wildman–Crippen MR) is 114 cm³/mol. The highest BCUT2D eigenvalue weighted by Crippen LogP contribution is 2.34. The first-order chi connectivity index (χ1) is 15.2. The van der Waals surface area contributed by atoms with Gasteiger partial charge in [0.1, 0.15) is 5.75 Å². The van der Waals surface area contributed by atoms with E-state index in [0.29, 0.717) is 17.9 Å². The highest BCUT2D eigenvalue weighted by molar-refractivity contribution is 5.95. The number of alkyl halides is 3. The average molecular weight is 442 g/mol. The molecule has 3 aromatic carbocycles. The first-order valence-corrected chi connectivity index (χ1v) is 9.80. The van der Waals surface area contributed by atoms with E-state index in [1.807, 2.05) is 30.3 Å². The zero-order chi connectivity index (χ0) is 23.1. The fourth-order valence-corrected chi connectivity index (χ4v) is 2.90. The molecule has 8 heteroatoms. The largest absolute Gasteiger partial charge is 0.481 e. The molecule has 0 aliphatic carbocycles. The summed E-state index contributed by atoms with van der Waals surface area (Å²) in [7, 11) is 0. The molecule has 0 saturated heterocycles. The zero-order valence-electron chi connectivity index (χ0n) is 17.1. The maximum Gasteiger partial charge on any atom is 0.418 e. The quantitative estimate of drug-likeness (QED) is 0.539. The van der Waals surface area contributed by atoms with E-state index < -0.39 is 23.8 Å². The number of para-hydroxylation sites is 1. The van der Waals surface area contributed by atoms with Gasteiger partial charge in [-0.25, -0.2) is 0 Å². The number of amides is 2. The van der Waals surface area contributed by atoms with Crippen molar-refractivity contribution in [3.8, 4) is 5.75 Å². The average Bonchev–Trinajstić information content (AvgIpc) is 2.78. The smallest absolute Gasteiger partial charge is 0.418 e. The summed E-state index contributed by atoms with van der Waals surface area (Å²) in [5.74, 6) is -0.697. The summed E-state index contributed by atoms with van der Waals surface area (Å²) in [6.07, 6.45) is -5.65. The van der Waals surface area contributed by atoms with Crippen molar-refractivity contribution < 1.29 is 27.5 Å². The van der Waals surface area contributed by atoms with Gasteiger partial charge in [-0.2, -0.15) is 13.2 Å². The van der Waals surface area contributed by atoms with Crippen molar-refractivity contribution in [2.75, 3.05) is 5.32 Å². The Bertz CT molecular complexity index is 1070. The number of hydrogen-bond acceptors (Lipinski definition) is 3. The molecule has 2 amide bonds. The fraction of sp³-hybridized carbons (Fsp3) is 0.167. The van der Waals surface area contributed by atoms with Gasteiger partial charge in [0.25, 0.3) is 11.8 Å². The van der Waals surface area contributed by atoms with Gasteiger partial charge in [-0.1, -0.05) is 42.5 Å². The standard InChI is InChI=1S/C24H21F3N2O3/c1-16(22(30)29-21-10-6-5-9-20(21)24(25,26)27)32-19-13-11-18(12-14-19)23(31)28-15-17-7-3-2-4-8-17/h2-14,16H,15H2,1H3,(H,28,31)(H,29,30)/t16-/m1/s1. The lowest BCUT2D eigenvalue weighted by Crippen LogP contribution is -2.31. The number of rotatable bonds is 7. The summed E-state index contributed by atoms with van der Waals surface area (Å²) in [4.78, 5) is 24.6. The molecule has 0 saturated carbocycles. The van der Waals surface area contributed by atoms with E-state index in [9.17, 15) is 22.8 Å². The van der Waals surface area contributed by atoms with Crippen LogP contribution in [-0.2, 0) is 17.5 Å². The summed E-state index contributed by atoms with van der Waals surface area (Å²) in [5.41, 5.74) is 0.0922. The van der Waals surface area contributed by atoms with Crippen LogP contribution in [0.4, 0.5) is 18.9 Å². The molecule has 0 fully saturated rings. The predicted octanol–water partition coefficient (Wildman–Crippen LogP) is 5.04. The minimum atomic E-state index is -4.59. The van der Waals surface area contributed by atoms with Gasteiger partial charge in [-0.15, -0.1) is 0 Å². The number of anilines is 1. The lowest BCUT2D eigenvalue weighted by Gasteiger charge is -2.17. The SMILES string of the molecule is C[C@@H](Oc1ccc(C(=O)NCc2ccccc2)cc1)C(=O)Nc1ccccc1C(F)(F)F. The molecule has 0 bridgehead atoms. The van der Waals surface area contributed by atoms with E-state index in [1.54, 1.807) is 12.1 Å². The molecule has 3 aromatic rings. The van der Waals surface area contributed by atoms with E-state index in [-0.39, 0.29) is 11.6 Å². The second-order valence-corrected chi connectivity index (χ2v) is 6.99. The van der Waals surface area contributed by atoms with Crippen molar-refractivity contribution in [3.05, 3.63) is 95.6 Å². The third-order valence-corrected chi connectivity index (χ3v) is 4.58. The fourth-order valence-electron chi connectivity index (χ4n) is 2.90.